The molecule has 0 atom stereocenters. The second-order valence-electron chi connectivity index (χ2n) is 4.62. The van der Waals surface area contributed by atoms with Crippen molar-refractivity contribution in [3.8, 4) is 11.3 Å². The van der Waals surface area contributed by atoms with E-state index in [0.717, 1.165) is 5.56 Å². The van der Waals surface area contributed by atoms with Crippen LogP contribution in [0.25, 0.3) is 11.3 Å². The van der Waals surface area contributed by atoms with E-state index in [1.807, 2.05) is 0 Å². The second kappa shape index (κ2) is 5.61. The number of aromatic nitrogens is 2. The molecule has 0 aliphatic heterocycles. The van der Waals surface area contributed by atoms with Crippen LogP contribution in [0.5, 0.6) is 0 Å². The van der Waals surface area contributed by atoms with Gasteiger partial charge in [-0.1, -0.05) is 12.1 Å². The smallest absolute Gasteiger partial charge is 0.261 e. The van der Waals surface area contributed by atoms with Gasteiger partial charge in [0.25, 0.3) is 10.0 Å². The predicted molar refractivity (Wildman–Crippen MR) is 81.7 cm³/mol. The topological polar surface area (TPSA) is 85.1 Å². The van der Waals surface area contributed by atoms with Crippen LogP contribution in [0, 0.1) is 6.92 Å². The van der Waals surface area contributed by atoms with Crippen molar-refractivity contribution in [3.05, 3.63) is 60.9 Å². The maximum absolute atomic E-state index is 12.3. The summed E-state index contributed by atoms with van der Waals surface area (Å²) in [4.78, 5) is 8.22. The molecule has 0 spiro atoms. The molecule has 112 valence electrons. The number of benzene rings is 1. The highest BCUT2D eigenvalue weighted by atomic mass is 32.2. The first-order chi connectivity index (χ1) is 10.5. The summed E-state index contributed by atoms with van der Waals surface area (Å²) in [7, 11) is -3.63. The fraction of sp³-hybridized carbons (Fsp3) is 0.0667. The number of hydrogen-bond donors (Lipinski definition) is 1. The third-order valence-corrected chi connectivity index (χ3v) is 4.41. The molecule has 0 unspecified atom stereocenters. The van der Waals surface area contributed by atoms with Gasteiger partial charge in [0.05, 0.1) is 10.6 Å². The summed E-state index contributed by atoms with van der Waals surface area (Å²) < 4.78 is 32.2. The van der Waals surface area contributed by atoms with Crippen molar-refractivity contribution in [2.24, 2.45) is 0 Å². The second-order valence-corrected chi connectivity index (χ2v) is 6.30. The number of aryl methyl sites for hydroxylation is 1. The van der Waals surface area contributed by atoms with E-state index < -0.39 is 10.0 Å². The molecule has 0 radical (unpaired) electrons. The van der Waals surface area contributed by atoms with Crippen LogP contribution in [0.15, 0.2) is 64.4 Å². The zero-order valence-electron chi connectivity index (χ0n) is 11.7. The lowest BCUT2D eigenvalue weighted by molar-refractivity contribution is 0.521. The van der Waals surface area contributed by atoms with Gasteiger partial charge in [0.1, 0.15) is 12.0 Å². The third kappa shape index (κ3) is 2.99. The molecule has 3 aromatic rings. The van der Waals surface area contributed by atoms with E-state index in [2.05, 4.69) is 14.7 Å². The summed E-state index contributed by atoms with van der Waals surface area (Å²) in [5.74, 6) is 0.561. The van der Waals surface area contributed by atoms with Crippen LogP contribution in [0.2, 0.25) is 0 Å². The standard InChI is InChI=1S/C15H13N3O3S/c1-11-17-15(10-21-11)12-2-4-14(5-3-12)22(19,20)18-13-6-8-16-9-7-13/h2-10H,1H3,(H,16,18). The van der Waals surface area contributed by atoms with Gasteiger partial charge in [-0.05, 0) is 24.3 Å². The molecule has 6 nitrogen and oxygen atoms in total. The van der Waals surface area contributed by atoms with Crippen LogP contribution in [0.4, 0.5) is 5.69 Å². The van der Waals surface area contributed by atoms with Gasteiger partial charge in [0.15, 0.2) is 5.89 Å². The van der Waals surface area contributed by atoms with E-state index in [-0.39, 0.29) is 4.90 Å². The molecule has 7 heteroatoms. The van der Waals surface area contributed by atoms with Crippen LogP contribution in [-0.2, 0) is 10.0 Å². The number of sulfonamides is 1. The largest absolute Gasteiger partial charge is 0.449 e. The van der Waals surface area contributed by atoms with E-state index in [4.69, 9.17) is 4.42 Å². The monoisotopic (exact) mass is 315 g/mol. The molecule has 0 fully saturated rings. The van der Waals surface area contributed by atoms with E-state index in [9.17, 15) is 8.42 Å². The van der Waals surface area contributed by atoms with E-state index in [0.29, 0.717) is 17.3 Å². The minimum Gasteiger partial charge on any atom is -0.449 e. The minimum atomic E-state index is -3.63. The Morgan fingerprint density at radius 1 is 1.05 bits per heavy atom. The number of oxazole rings is 1. The molecule has 0 amide bonds. The van der Waals surface area contributed by atoms with Crippen LogP contribution >= 0.6 is 0 Å². The summed E-state index contributed by atoms with van der Waals surface area (Å²) in [6.45, 7) is 1.75. The highest BCUT2D eigenvalue weighted by Crippen LogP contribution is 2.22. The quantitative estimate of drug-likeness (QED) is 0.800. The zero-order valence-corrected chi connectivity index (χ0v) is 12.5. The SMILES string of the molecule is Cc1nc(-c2ccc(S(=O)(=O)Nc3ccncc3)cc2)co1. The Kier molecular flexibility index (Phi) is 3.64. The Morgan fingerprint density at radius 2 is 1.73 bits per heavy atom. The van der Waals surface area contributed by atoms with Gasteiger partial charge in [0, 0.05) is 24.9 Å². The molecule has 0 aliphatic rings. The molecule has 3 rings (SSSR count). The first kappa shape index (κ1) is 14.3. The summed E-state index contributed by atoms with van der Waals surface area (Å²) >= 11 is 0. The van der Waals surface area contributed by atoms with Crippen LogP contribution in [0.1, 0.15) is 5.89 Å². The lowest BCUT2D eigenvalue weighted by Crippen LogP contribution is -2.12. The van der Waals surface area contributed by atoms with Gasteiger partial charge in [0.2, 0.25) is 0 Å². The summed E-state index contributed by atoms with van der Waals surface area (Å²) in [6, 6.07) is 9.62. The predicted octanol–water partition coefficient (Wildman–Crippen LogP) is 2.85. The molecule has 0 saturated heterocycles. The zero-order chi connectivity index (χ0) is 15.6. The molecule has 0 aliphatic carbocycles. The highest BCUT2D eigenvalue weighted by Gasteiger charge is 2.14. The number of pyridine rings is 1. The van der Waals surface area contributed by atoms with Crippen molar-refractivity contribution < 1.29 is 12.8 Å². The number of nitrogens with one attached hydrogen (secondary N) is 1. The minimum absolute atomic E-state index is 0.174. The van der Waals surface area contributed by atoms with E-state index in [1.54, 1.807) is 31.2 Å². The Hall–Kier alpha value is -2.67. The number of hydrogen-bond acceptors (Lipinski definition) is 5. The molecular weight excluding hydrogens is 302 g/mol. The van der Waals surface area contributed by atoms with Crippen LogP contribution < -0.4 is 4.72 Å². The van der Waals surface area contributed by atoms with Crippen LogP contribution in [0.3, 0.4) is 0 Å². The van der Waals surface area contributed by atoms with Crippen LogP contribution in [-0.4, -0.2) is 18.4 Å². The Balaban J connectivity index is 1.86. The fourth-order valence-electron chi connectivity index (χ4n) is 1.93. The van der Waals surface area contributed by atoms with Gasteiger partial charge in [-0.2, -0.15) is 0 Å². The average Bonchev–Trinajstić information content (AvgIpc) is 2.95. The van der Waals surface area contributed by atoms with Crippen molar-refractivity contribution in [2.75, 3.05) is 4.72 Å². The third-order valence-electron chi connectivity index (χ3n) is 3.01. The molecular formula is C15H13N3O3S. The first-order valence-corrected chi connectivity index (χ1v) is 7.98. The van der Waals surface area contributed by atoms with Gasteiger partial charge < -0.3 is 4.42 Å². The summed E-state index contributed by atoms with van der Waals surface area (Å²) in [6.07, 6.45) is 4.58. The maximum Gasteiger partial charge on any atom is 0.261 e. The lowest BCUT2D eigenvalue weighted by atomic mass is 10.2. The van der Waals surface area contributed by atoms with Crippen molar-refractivity contribution in [1.82, 2.24) is 9.97 Å². The molecule has 22 heavy (non-hydrogen) atoms. The van der Waals surface area contributed by atoms with Gasteiger partial charge >= 0.3 is 0 Å². The van der Waals surface area contributed by atoms with Crippen molar-refractivity contribution in [1.29, 1.82) is 0 Å². The molecule has 1 aromatic carbocycles. The average molecular weight is 315 g/mol. The molecule has 2 heterocycles. The Labute approximate surface area is 127 Å². The first-order valence-electron chi connectivity index (χ1n) is 6.50. The summed E-state index contributed by atoms with van der Waals surface area (Å²) in [5, 5.41) is 0. The lowest BCUT2D eigenvalue weighted by Gasteiger charge is -2.08. The van der Waals surface area contributed by atoms with E-state index >= 15 is 0 Å². The molecule has 0 saturated carbocycles. The Bertz CT molecular complexity index is 872. The normalized spacial score (nSPS) is 11.3. The molecule has 1 N–H and O–H groups in total. The maximum atomic E-state index is 12.3. The van der Waals surface area contributed by atoms with Crippen molar-refractivity contribution in [2.45, 2.75) is 11.8 Å². The Morgan fingerprint density at radius 3 is 2.32 bits per heavy atom. The van der Waals surface area contributed by atoms with E-state index in [1.165, 1.54) is 30.8 Å². The fourth-order valence-corrected chi connectivity index (χ4v) is 2.99. The van der Waals surface area contributed by atoms with Crippen molar-refractivity contribution >= 4 is 15.7 Å². The highest BCUT2D eigenvalue weighted by molar-refractivity contribution is 7.92. The van der Waals surface area contributed by atoms with Gasteiger partial charge in [-0.3, -0.25) is 9.71 Å². The van der Waals surface area contributed by atoms with Gasteiger partial charge in [-0.25, -0.2) is 13.4 Å². The number of rotatable bonds is 4. The number of nitrogens with zero attached hydrogens (tertiary/aromatic N) is 2. The molecule has 0 bridgehead atoms. The molecule has 2 aromatic heterocycles. The summed E-state index contributed by atoms with van der Waals surface area (Å²) in [5.41, 5.74) is 1.93. The number of anilines is 1. The van der Waals surface area contributed by atoms with Gasteiger partial charge in [-0.15, -0.1) is 0 Å². The van der Waals surface area contributed by atoms with Crippen molar-refractivity contribution in [3.63, 3.8) is 0 Å².